The molecule has 0 aromatic heterocycles. The van der Waals surface area contributed by atoms with Gasteiger partial charge < -0.3 is 5.11 Å². The van der Waals surface area contributed by atoms with E-state index in [0.717, 1.165) is 5.56 Å². The average molecular weight is 476 g/mol. The van der Waals surface area contributed by atoms with E-state index in [2.05, 4.69) is 10.5 Å². The van der Waals surface area contributed by atoms with Crippen LogP contribution in [-0.2, 0) is 14.4 Å². The maximum Gasteiger partial charge on any atom is 0.242 e. The number of aliphatic hydroxyl groups is 1. The van der Waals surface area contributed by atoms with Crippen molar-refractivity contribution in [2.45, 2.75) is 58.1 Å². The Morgan fingerprint density at radius 1 is 1.15 bits per heavy atom. The number of hydrogen-bond donors (Lipinski definition) is 2. The van der Waals surface area contributed by atoms with Gasteiger partial charge in [-0.15, -0.1) is 11.8 Å². The van der Waals surface area contributed by atoms with E-state index in [-0.39, 0.29) is 47.7 Å². The number of hydrogen-bond acceptors (Lipinski definition) is 7. The lowest BCUT2D eigenvalue weighted by molar-refractivity contribution is -0.138. The number of rotatable bonds is 13. The van der Waals surface area contributed by atoms with Crippen LogP contribution in [0.5, 0.6) is 0 Å². The molecule has 9 heteroatoms. The van der Waals surface area contributed by atoms with E-state index >= 15 is 0 Å². The molecule has 0 spiro atoms. The molecule has 180 valence electrons. The van der Waals surface area contributed by atoms with E-state index in [9.17, 15) is 19.2 Å². The quantitative estimate of drug-likeness (QED) is 0.149. The molecule has 1 aliphatic heterocycles. The smallest absolute Gasteiger partial charge is 0.242 e. The van der Waals surface area contributed by atoms with Gasteiger partial charge in [0, 0.05) is 36.6 Å². The number of aliphatic hydroxyl groups excluding tert-OH is 1. The highest BCUT2D eigenvalue weighted by atomic mass is 32.2. The normalized spacial score (nSPS) is 16.6. The van der Waals surface area contributed by atoms with Gasteiger partial charge in [-0.1, -0.05) is 44.5 Å². The number of benzene rings is 1. The maximum absolute atomic E-state index is 12.2. The van der Waals surface area contributed by atoms with Gasteiger partial charge in [-0.25, -0.2) is 5.43 Å². The number of hydrazone groups is 1. The highest BCUT2D eigenvalue weighted by Crippen LogP contribution is 2.25. The third kappa shape index (κ3) is 8.08. The molecule has 2 N–H and O–H groups in total. The first-order valence-corrected chi connectivity index (χ1v) is 12.3. The number of carbonyl (C=O) groups is 4. The standard InChI is InChI=1S/C24H33N3O5S/c1-16(2)23(31)19-10-8-18(9-11-19)17(3)25-26-21(29)7-5-4-6-12-27-22(30)15-20(24(27)32)33-14-13-28/h8-11,16,20,28H,4-7,12-15H2,1-3H3,(H,26,29)/b25-17+. The zero-order valence-corrected chi connectivity index (χ0v) is 20.3. The molecule has 1 saturated heterocycles. The molecular formula is C24H33N3O5S. The molecule has 0 aliphatic carbocycles. The van der Waals surface area contributed by atoms with Gasteiger partial charge >= 0.3 is 0 Å². The molecule has 1 unspecified atom stereocenters. The molecule has 1 aromatic rings. The van der Waals surface area contributed by atoms with E-state index in [1.165, 1.54) is 16.7 Å². The van der Waals surface area contributed by atoms with Crippen LogP contribution in [-0.4, -0.2) is 63.4 Å². The molecule has 1 aliphatic rings. The molecule has 3 amide bonds. The Morgan fingerprint density at radius 2 is 1.82 bits per heavy atom. The van der Waals surface area contributed by atoms with Gasteiger partial charge in [0.2, 0.25) is 17.7 Å². The minimum Gasteiger partial charge on any atom is -0.396 e. The Bertz CT molecular complexity index is 883. The largest absolute Gasteiger partial charge is 0.396 e. The zero-order valence-electron chi connectivity index (χ0n) is 19.5. The molecule has 0 radical (unpaired) electrons. The number of likely N-dealkylation sites (tertiary alicyclic amines) is 1. The lowest BCUT2D eigenvalue weighted by Crippen LogP contribution is -2.32. The van der Waals surface area contributed by atoms with Gasteiger partial charge in [-0.2, -0.15) is 5.10 Å². The van der Waals surface area contributed by atoms with E-state index in [4.69, 9.17) is 5.11 Å². The number of amides is 3. The first-order valence-electron chi connectivity index (χ1n) is 11.3. The van der Waals surface area contributed by atoms with Crippen molar-refractivity contribution >= 4 is 41.0 Å². The molecule has 8 nitrogen and oxygen atoms in total. The van der Waals surface area contributed by atoms with Crippen molar-refractivity contribution < 1.29 is 24.3 Å². The van der Waals surface area contributed by atoms with Gasteiger partial charge in [0.05, 0.1) is 17.6 Å². The molecule has 1 heterocycles. The fraction of sp³-hybridized carbons (Fsp3) is 0.542. The van der Waals surface area contributed by atoms with Crippen LogP contribution in [0.1, 0.15) is 68.8 Å². The summed E-state index contributed by atoms with van der Waals surface area (Å²) in [6.07, 6.45) is 2.49. The van der Waals surface area contributed by atoms with Crippen LogP contribution in [0, 0.1) is 5.92 Å². The Labute approximate surface area is 199 Å². The maximum atomic E-state index is 12.2. The van der Waals surface area contributed by atoms with Crippen molar-refractivity contribution in [3.05, 3.63) is 35.4 Å². The van der Waals surface area contributed by atoms with Gasteiger partial charge in [0.25, 0.3) is 0 Å². The lowest BCUT2D eigenvalue weighted by Gasteiger charge is -2.14. The molecule has 33 heavy (non-hydrogen) atoms. The number of unbranched alkanes of at least 4 members (excludes halogenated alkanes) is 2. The Morgan fingerprint density at radius 3 is 2.45 bits per heavy atom. The predicted octanol–water partition coefficient (Wildman–Crippen LogP) is 2.78. The number of imide groups is 1. The van der Waals surface area contributed by atoms with E-state index < -0.39 is 0 Å². The van der Waals surface area contributed by atoms with Crippen LogP contribution in [0.3, 0.4) is 0 Å². The third-order valence-electron chi connectivity index (χ3n) is 5.36. The number of ketones is 1. The minimum atomic E-state index is -0.386. The molecule has 0 saturated carbocycles. The SMILES string of the molecule is C/C(=N\NC(=O)CCCCCN1C(=O)CC(SCCO)C1=O)c1ccc(C(=O)C(C)C)cc1. The summed E-state index contributed by atoms with van der Waals surface area (Å²) < 4.78 is 0. The lowest BCUT2D eigenvalue weighted by atomic mass is 9.99. The molecule has 1 fully saturated rings. The summed E-state index contributed by atoms with van der Waals surface area (Å²) >= 11 is 1.31. The number of thioether (sulfide) groups is 1. The van der Waals surface area contributed by atoms with E-state index in [0.29, 0.717) is 49.3 Å². The van der Waals surface area contributed by atoms with Crippen LogP contribution < -0.4 is 5.43 Å². The fourth-order valence-corrected chi connectivity index (χ4v) is 4.34. The van der Waals surface area contributed by atoms with Crippen LogP contribution >= 0.6 is 11.8 Å². The number of Topliss-reactive ketones (excluding diaryl/α,β-unsaturated/α-hetero) is 1. The summed E-state index contributed by atoms with van der Waals surface area (Å²) in [5.74, 6) is -0.0770. The summed E-state index contributed by atoms with van der Waals surface area (Å²) in [7, 11) is 0. The second-order valence-corrected chi connectivity index (χ2v) is 9.62. The predicted molar refractivity (Wildman–Crippen MR) is 129 cm³/mol. The van der Waals surface area contributed by atoms with Crippen LogP contribution in [0.2, 0.25) is 0 Å². The van der Waals surface area contributed by atoms with Gasteiger partial charge in [-0.3, -0.25) is 24.1 Å². The summed E-state index contributed by atoms with van der Waals surface area (Å²) in [6.45, 7) is 5.86. The van der Waals surface area contributed by atoms with Gasteiger partial charge in [-0.05, 0) is 25.3 Å². The zero-order chi connectivity index (χ0) is 24.4. The number of carbonyl (C=O) groups excluding carboxylic acids is 4. The fourth-order valence-electron chi connectivity index (χ4n) is 3.42. The minimum absolute atomic E-state index is 0.0140. The molecular weight excluding hydrogens is 442 g/mol. The van der Waals surface area contributed by atoms with Crippen molar-refractivity contribution in [3.8, 4) is 0 Å². The Hall–Kier alpha value is -2.52. The second kappa shape index (κ2) is 13.3. The first-order chi connectivity index (χ1) is 15.7. The molecule has 2 rings (SSSR count). The summed E-state index contributed by atoms with van der Waals surface area (Å²) in [5, 5.41) is 12.6. The third-order valence-corrected chi connectivity index (χ3v) is 6.55. The number of nitrogens with zero attached hydrogens (tertiary/aromatic N) is 2. The topological polar surface area (TPSA) is 116 Å². The van der Waals surface area contributed by atoms with Crippen LogP contribution in [0.25, 0.3) is 0 Å². The molecule has 1 atom stereocenters. The summed E-state index contributed by atoms with van der Waals surface area (Å²) in [4.78, 5) is 49.6. The van der Waals surface area contributed by atoms with Crippen molar-refractivity contribution in [1.29, 1.82) is 0 Å². The van der Waals surface area contributed by atoms with E-state index in [1.54, 1.807) is 19.1 Å². The first kappa shape index (κ1) is 26.7. The van der Waals surface area contributed by atoms with Crippen LogP contribution in [0.4, 0.5) is 0 Å². The summed E-state index contributed by atoms with van der Waals surface area (Å²) in [6, 6.07) is 7.16. The van der Waals surface area contributed by atoms with Gasteiger partial charge in [0.1, 0.15) is 0 Å². The molecule has 1 aromatic carbocycles. The van der Waals surface area contributed by atoms with Gasteiger partial charge in [0.15, 0.2) is 5.78 Å². The Balaban J connectivity index is 1.69. The van der Waals surface area contributed by atoms with Crippen LogP contribution in [0.15, 0.2) is 29.4 Å². The molecule has 0 bridgehead atoms. The van der Waals surface area contributed by atoms with Crippen molar-refractivity contribution in [3.63, 3.8) is 0 Å². The monoisotopic (exact) mass is 475 g/mol. The second-order valence-electron chi connectivity index (χ2n) is 8.31. The van der Waals surface area contributed by atoms with Crippen molar-refractivity contribution in [2.75, 3.05) is 18.9 Å². The highest BCUT2D eigenvalue weighted by Gasteiger charge is 2.38. The Kier molecular flexibility index (Phi) is 10.7. The van der Waals surface area contributed by atoms with E-state index in [1.807, 2.05) is 26.0 Å². The number of nitrogens with one attached hydrogen (secondary N) is 1. The summed E-state index contributed by atoms with van der Waals surface area (Å²) in [5.41, 5.74) is 4.67. The van der Waals surface area contributed by atoms with Crippen molar-refractivity contribution in [1.82, 2.24) is 10.3 Å². The average Bonchev–Trinajstić information content (AvgIpc) is 3.07. The van der Waals surface area contributed by atoms with Crippen molar-refractivity contribution in [2.24, 2.45) is 11.0 Å². The highest BCUT2D eigenvalue weighted by molar-refractivity contribution is 8.00.